The Kier molecular flexibility index (Phi) is 4.09. The molecule has 0 N–H and O–H groups in total. The Morgan fingerprint density at radius 2 is 1.89 bits per heavy atom. The average Bonchev–Trinajstić information content (AvgIpc) is 2.31. The van der Waals surface area contributed by atoms with Crippen molar-refractivity contribution in [3.8, 4) is 0 Å². The van der Waals surface area contributed by atoms with E-state index < -0.39 is 28.6 Å². The molecule has 1 aliphatic rings. The molecule has 0 spiro atoms. The molecule has 0 heterocycles. The number of esters is 1. The van der Waals surface area contributed by atoms with Crippen LogP contribution in [0.2, 0.25) is 0 Å². The molecule has 0 amide bonds. The van der Waals surface area contributed by atoms with Gasteiger partial charge >= 0.3 is 5.97 Å². The Labute approximate surface area is 108 Å². The largest absolute Gasteiger partial charge is 0.465 e. The predicted octanol–water partition coefficient (Wildman–Crippen LogP) is 4.04. The summed E-state index contributed by atoms with van der Waals surface area (Å²) >= 11 is 0. The van der Waals surface area contributed by atoms with Crippen LogP contribution in [0.25, 0.3) is 0 Å². The Hall–Kier alpha value is -0.670. The van der Waals surface area contributed by atoms with E-state index in [0.29, 0.717) is 12.8 Å². The van der Waals surface area contributed by atoms with E-state index in [9.17, 15) is 13.6 Å². The van der Waals surface area contributed by atoms with Gasteiger partial charge in [0.15, 0.2) is 0 Å². The highest BCUT2D eigenvalue weighted by atomic mass is 19.3. The summed E-state index contributed by atoms with van der Waals surface area (Å²) < 4.78 is 34.3. The van der Waals surface area contributed by atoms with Gasteiger partial charge in [0.2, 0.25) is 0 Å². The minimum atomic E-state index is -3.04. The Bertz CT molecular complexity index is 326. The molecule has 0 bridgehead atoms. The summed E-state index contributed by atoms with van der Waals surface area (Å²) in [4.78, 5) is 12.1. The van der Waals surface area contributed by atoms with E-state index in [-0.39, 0.29) is 6.61 Å². The first-order chi connectivity index (χ1) is 8.11. The Morgan fingerprint density at radius 1 is 1.33 bits per heavy atom. The average molecular weight is 262 g/mol. The van der Waals surface area contributed by atoms with E-state index in [2.05, 4.69) is 0 Å². The van der Waals surface area contributed by atoms with Crippen molar-refractivity contribution in [3.63, 3.8) is 0 Å². The van der Waals surface area contributed by atoms with Gasteiger partial charge < -0.3 is 4.74 Å². The van der Waals surface area contributed by atoms with Crippen LogP contribution in [0.1, 0.15) is 53.9 Å². The fourth-order valence-corrected chi connectivity index (χ4v) is 2.91. The lowest BCUT2D eigenvalue weighted by Gasteiger charge is -2.46. The van der Waals surface area contributed by atoms with Gasteiger partial charge in [-0.15, -0.1) is 0 Å². The van der Waals surface area contributed by atoms with E-state index in [1.54, 1.807) is 20.8 Å². The van der Waals surface area contributed by atoms with Crippen molar-refractivity contribution in [2.24, 2.45) is 16.7 Å². The summed E-state index contributed by atoms with van der Waals surface area (Å²) in [5.74, 6) is -4.61. The molecule has 4 heteroatoms. The molecule has 106 valence electrons. The molecule has 1 fully saturated rings. The van der Waals surface area contributed by atoms with Crippen LogP contribution in [0.3, 0.4) is 0 Å². The summed E-state index contributed by atoms with van der Waals surface area (Å²) in [5, 5.41) is 0. The second-order valence-electron chi connectivity index (χ2n) is 6.15. The lowest BCUT2D eigenvalue weighted by atomic mass is 9.60. The van der Waals surface area contributed by atoms with Crippen LogP contribution in [0.15, 0.2) is 0 Å². The quantitative estimate of drug-likeness (QED) is 0.554. The summed E-state index contributed by atoms with van der Waals surface area (Å²) in [7, 11) is 0. The van der Waals surface area contributed by atoms with Crippen LogP contribution in [-0.4, -0.2) is 18.5 Å². The van der Waals surface area contributed by atoms with Crippen molar-refractivity contribution >= 4 is 5.97 Å². The van der Waals surface area contributed by atoms with Crippen LogP contribution < -0.4 is 0 Å². The van der Waals surface area contributed by atoms with Crippen molar-refractivity contribution in [2.45, 2.75) is 59.8 Å². The molecule has 2 nitrogen and oxygen atoms in total. The summed E-state index contributed by atoms with van der Waals surface area (Å²) in [6, 6.07) is 0. The fourth-order valence-electron chi connectivity index (χ4n) is 2.91. The number of rotatable bonds is 2. The first-order valence-electron chi connectivity index (χ1n) is 6.66. The maximum absolute atomic E-state index is 14.7. The molecule has 18 heavy (non-hydrogen) atoms. The molecule has 1 saturated carbocycles. The first kappa shape index (κ1) is 15.4. The fraction of sp³-hybridized carbons (Fsp3) is 0.929. The molecule has 0 saturated heterocycles. The molecule has 1 aliphatic carbocycles. The maximum Gasteiger partial charge on any atom is 0.318 e. The summed E-state index contributed by atoms with van der Waals surface area (Å²) in [6.45, 7) is 8.17. The van der Waals surface area contributed by atoms with Gasteiger partial charge in [-0.25, -0.2) is 8.78 Å². The highest BCUT2D eigenvalue weighted by molar-refractivity contribution is 5.79. The number of hydrogen-bond acceptors (Lipinski definition) is 2. The molecule has 0 aromatic heterocycles. The molecule has 2 unspecified atom stereocenters. The predicted molar refractivity (Wildman–Crippen MR) is 66.5 cm³/mol. The minimum absolute atomic E-state index is 0.134. The van der Waals surface area contributed by atoms with Crippen LogP contribution in [0, 0.1) is 16.7 Å². The van der Waals surface area contributed by atoms with Crippen molar-refractivity contribution in [1.82, 2.24) is 0 Å². The van der Waals surface area contributed by atoms with Crippen LogP contribution >= 0.6 is 0 Å². The highest BCUT2D eigenvalue weighted by Crippen LogP contribution is 2.58. The molecule has 0 radical (unpaired) electrons. The monoisotopic (exact) mass is 262 g/mol. The topological polar surface area (TPSA) is 26.3 Å². The normalized spacial score (nSPS) is 34.7. The number of hydrogen-bond donors (Lipinski definition) is 0. The first-order valence-corrected chi connectivity index (χ1v) is 6.66. The molecule has 1 rings (SSSR count). The zero-order valence-electron chi connectivity index (χ0n) is 12.0. The van der Waals surface area contributed by atoms with Crippen LogP contribution in [0.5, 0.6) is 0 Å². The lowest BCUT2D eigenvalue weighted by Crippen LogP contribution is -2.56. The third-order valence-corrected chi connectivity index (χ3v) is 4.76. The Balaban J connectivity index is 3.31. The van der Waals surface area contributed by atoms with Crippen molar-refractivity contribution in [1.29, 1.82) is 0 Å². The molecular weight excluding hydrogens is 238 g/mol. The molecule has 0 aromatic carbocycles. The van der Waals surface area contributed by atoms with E-state index in [0.717, 1.165) is 6.42 Å². The molecular formula is C14H24F2O2. The number of carbonyl (C=O) groups is 1. The third kappa shape index (κ3) is 2.04. The van der Waals surface area contributed by atoms with Gasteiger partial charge in [0.25, 0.3) is 5.92 Å². The van der Waals surface area contributed by atoms with E-state index >= 15 is 0 Å². The maximum atomic E-state index is 14.7. The molecule has 2 atom stereocenters. The second-order valence-corrected chi connectivity index (χ2v) is 6.15. The van der Waals surface area contributed by atoms with Crippen molar-refractivity contribution in [2.75, 3.05) is 6.61 Å². The SMILES string of the molecule is CCOC(=O)C1(C)C(C)(C)CCCC(C)C1(F)F. The van der Waals surface area contributed by atoms with Gasteiger partial charge in [0, 0.05) is 5.92 Å². The number of alkyl halides is 2. The zero-order chi connectivity index (χ0) is 14.2. The number of ether oxygens (including phenoxy) is 1. The number of halogens is 2. The zero-order valence-corrected chi connectivity index (χ0v) is 12.0. The van der Waals surface area contributed by atoms with E-state index in [4.69, 9.17) is 4.74 Å². The molecule has 0 aromatic rings. The molecule has 0 aliphatic heterocycles. The van der Waals surface area contributed by atoms with Gasteiger partial charge in [-0.1, -0.05) is 27.2 Å². The van der Waals surface area contributed by atoms with Gasteiger partial charge in [0.1, 0.15) is 5.41 Å². The smallest absolute Gasteiger partial charge is 0.318 e. The second kappa shape index (κ2) is 4.78. The van der Waals surface area contributed by atoms with E-state index in [1.807, 2.05) is 0 Å². The minimum Gasteiger partial charge on any atom is -0.465 e. The lowest BCUT2D eigenvalue weighted by molar-refractivity contribution is -0.215. The van der Waals surface area contributed by atoms with Gasteiger partial charge in [-0.3, -0.25) is 4.79 Å². The highest BCUT2D eigenvalue weighted by Gasteiger charge is 2.66. The van der Waals surface area contributed by atoms with E-state index in [1.165, 1.54) is 13.8 Å². The number of carbonyl (C=O) groups excluding carboxylic acids is 1. The van der Waals surface area contributed by atoms with Crippen LogP contribution in [0.4, 0.5) is 8.78 Å². The third-order valence-electron chi connectivity index (χ3n) is 4.76. The van der Waals surface area contributed by atoms with Crippen molar-refractivity contribution in [3.05, 3.63) is 0 Å². The Morgan fingerprint density at radius 3 is 2.39 bits per heavy atom. The van der Waals surface area contributed by atoms with Crippen molar-refractivity contribution < 1.29 is 18.3 Å². The summed E-state index contributed by atoms with van der Waals surface area (Å²) in [5.41, 5.74) is -2.53. The van der Waals surface area contributed by atoms with Crippen LogP contribution in [-0.2, 0) is 9.53 Å². The summed E-state index contributed by atoms with van der Waals surface area (Å²) in [6.07, 6.45) is 1.78. The van der Waals surface area contributed by atoms with Gasteiger partial charge in [0.05, 0.1) is 6.61 Å². The van der Waals surface area contributed by atoms with Gasteiger partial charge in [-0.2, -0.15) is 0 Å². The van der Waals surface area contributed by atoms with Gasteiger partial charge in [-0.05, 0) is 32.1 Å². The standard InChI is InChI=1S/C14H24F2O2/c1-6-18-11(17)13(5)12(3,4)9-7-8-10(2)14(13,15)16/h10H,6-9H2,1-5H3.